The highest BCUT2D eigenvalue weighted by molar-refractivity contribution is 7.71. The van der Waals surface area contributed by atoms with Crippen LogP contribution in [0.2, 0.25) is 39.3 Å². The van der Waals surface area contributed by atoms with Crippen LogP contribution in [0.3, 0.4) is 0 Å². The largest absolute Gasteiger partial charge is 0.352 e. The van der Waals surface area contributed by atoms with Gasteiger partial charge < -0.3 is 8.47 Å². The van der Waals surface area contributed by atoms with E-state index < -0.39 is 16.5 Å². The zero-order valence-electron chi connectivity index (χ0n) is 11.2. The van der Waals surface area contributed by atoms with E-state index in [2.05, 4.69) is 60.5 Å². The van der Waals surface area contributed by atoms with Crippen LogP contribution < -0.4 is 0 Å². The third-order valence-corrected chi connectivity index (χ3v) is 6.82. The van der Waals surface area contributed by atoms with Crippen LogP contribution in [0.1, 0.15) is 5.69 Å². The first-order chi connectivity index (χ1) is 7.09. The molecule has 90 valence electrons. The van der Waals surface area contributed by atoms with Gasteiger partial charge in [-0.2, -0.15) is 0 Å². The average molecular weight is 271 g/mol. The maximum atomic E-state index is 5.62. The molecule has 0 atom stereocenters. The van der Waals surface area contributed by atoms with Crippen LogP contribution in [0.4, 0.5) is 0 Å². The number of rotatable bonds is 3. The number of hydrogen-bond acceptors (Lipinski definition) is 1. The minimum Gasteiger partial charge on any atom is -0.352 e. The van der Waals surface area contributed by atoms with Gasteiger partial charge in [-0.15, -0.1) is 0 Å². The second-order valence-corrected chi connectivity index (χ2v) is 16.1. The summed E-state index contributed by atoms with van der Waals surface area (Å²) < 4.78 is 5.61. The quantitative estimate of drug-likeness (QED) is 0.595. The lowest BCUT2D eigenvalue weighted by molar-refractivity contribution is 1.02. The van der Waals surface area contributed by atoms with Crippen molar-refractivity contribution in [2.75, 3.05) is 0 Å². The minimum atomic E-state index is -1.46. The lowest BCUT2D eigenvalue weighted by atomic mass is 10.5. The summed E-state index contributed by atoms with van der Waals surface area (Å²) in [6, 6.07) is 0. The predicted octanol–water partition coefficient (Wildman–Crippen LogP) is 4.03. The Morgan fingerprint density at radius 1 is 1.12 bits per heavy atom. The standard InChI is InChI=1S/C11H22N2SSi2/c1-8-10-9-12(15(2,3)4)11(14)13(10)16(5,6)7/h8-9H,1H2,2-7H3. The SMILES string of the molecule is C=Cc1cn([Si](C)(C)C)c(=S)n1[Si](C)(C)C. The van der Waals surface area contributed by atoms with Crippen LogP contribution >= 0.6 is 12.2 Å². The molecule has 5 heteroatoms. The molecule has 0 aliphatic rings. The molecule has 0 N–H and O–H groups in total. The summed E-state index contributed by atoms with van der Waals surface area (Å²) >= 11 is 5.62. The van der Waals surface area contributed by atoms with Crippen molar-refractivity contribution in [3.05, 3.63) is 23.2 Å². The second-order valence-electron chi connectivity index (χ2n) is 6.09. The van der Waals surface area contributed by atoms with Gasteiger partial charge in [-0.3, -0.25) is 0 Å². The van der Waals surface area contributed by atoms with Gasteiger partial charge in [0.15, 0.2) is 21.2 Å². The summed E-state index contributed by atoms with van der Waals surface area (Å²) in [5.74, 6) is 0. The van der Waals surface area contributed by atoms with E-state index in [1.54, 1.807) is 0 Å². The van der Waals surface area contributed by atoms with Crippen molar-refractivity contribution in [1.82, 2.24) is 8.47 Å². The molecule has 0 aliphatic heterocycles. The van der Waals surface area contributed by atoms with Gasteiger partial charge in [0.1, 0.15) is 0 Å². The van der Waals surface area contributed by atoms with Crippen LogP contribution in [0.25, 0.3) is 6.08 Å². The van der Waals surface area contributed by atoms with Gasteiger partial charge in [0.2, 0.25) is 0 Å². The molecule has 1 heterocycles. The lowest BCUT2D eigenvalue weighted by Gasteiger charge is -2.22. The molecule has 2 nitrogen and oxygen atoms in total. The first-order valence-corrected chi connectivity index (χ1v) is 12.9. The summed E-state index contributed by atoms with van der Waals surface area (Å²) in [7, 11) is -2.88. The lowest BCUT2D eigenvalue weighted by Crippen LogP contribution is -2.36. The zero-order chi connectivity index (χ0) is 12.7. The molecule has 0 radical (unpaired) electrons. The molecule has 1 aromatic rings. The third-order valence-electron chi connectivity index (χ3n) is 2.52. The van der Waals surface area contributed by atoms with Crippen molar-refractivity contribution < 1.29 is 0 Å². The maximum Gasteiger partial charge on any atom is 0.163 e. The molecule has 16 heavy (non-hydrogen) atoms. The number of hydrogen-bond donors (Lipinski definition) is 0. The fourth-order valence-electron chi connectivity index (χ4n) is 1.76. The van der Waals surface area contributed by atoms with Gasteiger partial charge in [0.05, 0.1) is 0 Å². The Morgan fingerprint density at radius 2 is 1.62 bits per heavy atom. The van der Waals surface area contributed by atoms with Crippen molar-refractivity contribution in [2.24, 2.45) is 0 Å². The van der Waals surface area contributed by atoms with Gasteiger partial charge in [-0.1, -0.05) is 45.9 Å². The molecule has 0 aromatic carbocycles. The second kappa shape index (κ2) is 4.12. The van der Waals surface area contributed by atoms with Crippen LogP contribution in [-0.4, -0.2) is 24.9 Å². The van der Waals surface area contributed by atoms with Gasteiger partial charge in [0, 0.05) is 11.9 Å². The van der Waals surface area contributed by atoms with Crippen molar-refractivity contribution in [3.8, 4) is 0 Å². The number of imidazole rings is 1. The van der Waals surface area contributed by atoms with Gasteiger partial charge in [0.25, 0.3) is 0 Å². The summed E-state index contributed by atoms with van der Waals surface area (Å²) in [5.41, 5.74) is 1.17. The van der Waals surface area contributed by atoms with Gasteiger partial charge in [-0.25, -0.2) is 0 Å². The summed E-state index contributed by atoms with van der Waals surface area (Å²) in [5, 5.41) is 0. The van der Waals surface area contributed by atoms with E-state index in [1.807, 2.05) is 6.08 Å². The van der Waals surface area contributed by atoms with E-state index in [1.165, 1.54) is 5.69 Å². The molecule has 0 saturated carbocycles. The topological polar surface area (TPSA) is 9.86 Å². The Hall–Kier alpha value is -0.396. The van der Waals surface area contributed by atoms with Crippen molar-refractivity contribution in [3.63, 3.8) is 0 Å². The molecule has 0 fully saturated rings. The Morgan fingerprint density at radius 3 is 1.88 bits per heavy atom. The summed E-state index contributed by atoms with van der Waals surface area (Å²) in [6.07, 6.45) is 4.10. The number of nitrogens with zero attached hydrogens (tertiary/aromatic N) is 2. The monoisotopic (exact) mass is 270 g/mol. The van der Waals surface area contributed by atoms with Crippen molar-refractivity contribution in [1.29, 1.82) is 0 Å². The molecule has 0 aliphatic carbocycles. The van der Waals surface area contributed by atoms with Crippen LogP contribution in [0.15, 0.2) is 12.8 Å². The summed E-state index contributed by atoms with van der Waals surface area (Å²) in [4.78, 5) is 0. The Labute approximate surface area is 106 Å². The first kappa shape index (κ1) is 13.7. The molecule has 1 aromatic heterocycles. The molecule has 0 amide bonds. The van der Waals surface area contributed by atoms with Gasteiger partial charge in [-0.05, 0) is 18.3 Å². The fourth-order valence-corrected chi connectivity index (χ4v) is 6.46. The molecule has 0 bridgehead atoms. The van der Waals surface area contributed by atoms with E-state index in [-0.39, 0.29) is 0 Å². The molecule has 0 spiro atoms. The fraction of sp³-hybridized carbons (Fsp3) is 0.545. The molecule has 0 saturated heterocycles. The molecule has 1 rings (SSSR count). The zero-order valence-corrected chi connectivity index (χ0v) is 14.0. The predicted molar refractivity (Wildman–Crippen MR) is 80.8 cm³/mol. The molecule has 0 unspecified atom stereocenters. The normalized spacial score (nSPS) is 12.9. The first-order valence-electron chi connectivity index (χ1n) is 5.57. The van der Waals surface area contributed by atoms with Crippen molar-refractivity contribution >= 4 is 34.8 Å². The van der Waals surface area contributed by atoms with E-state index in [0.29, 0.717) is 0 Å². The summed E-state index contributed by atoms with van der Waals surface area (Å²) in [6.45, 7) is 17.8. The average Bonchev–Trinajstić information content (AvgIpc) is 2.40. The van der Waals surface area contributed by atoms with E-state index >= 15 is 0 Å². The third kappa shape index (κ3) is 2.47. The van der Waals surface area contributed by atoms with Crippen LogP contribution in [0, 0.1) is 4.77 Å². The Balaban J connectivity index is 3.58. The number of aromatic nitrogens is 2. The smallest absolute Gasteiger partial charge is 0.163 e. The Kier molecular flexibility index (Phi) is 3.52. The maximum absolute atomic E-state index is 5.62. The molecular weight excluding hydrogens is 248 g/mol. The molecular formula is C11H22N2SSi2. The van der Waals surface area contributed by atoms with E-state index in [4.69, 9.17) is 12.2 Å². The highest BCUT2D eigenvalue weighted by Gasteiger charge is 2.25. The van der Waals surface area contributed by atoms with E-state index in [0.717, 1.165) is 4.77 Å². The highest BCUT2D eigenvalue weighted by atomic mass is 32.1. The minimum absolute atomic E-state index is 0.980. The van der Waals surface area contributed by atoms with Crippen molar-refractivity contribution in [2.45, 2.75) is 39.3 Å². The van der Waals surface area contributed by atoms with E-state index in [9.17, 15) is 0 Å². The van der Waals surface area contributed by atoms with Gasteiger partial charge >= 0.3 is 0 Å². The van der Waals surface area contributed by atoms with Crippen LogP contribution in [0.5, 0.6) is 0 Å². The highest BCUT2D eigenvalue weighted by Crippen LogP contribution is 2.18. The Bertz CT molecular complexity index is 458. The van der Waals surface area contributed by atoms with Crippen LogP contribution in [-0.2, 0) is 0 Å².